The number of ether oxygens (including phenoxy) is 1. The molecule has 0 saturated carbocycles. The minimum absolute atomic E-state index is 0.372. The van der Waals surface area contributed by atoms with Gasteiger partial charge < -0.3 is 14.9 Å². The molecule has 4 rings (SSSR count). The van der Waals surface area contributed by atoms with Crippen LogP contribution in [0.2, 0.25) is 0 Å². The quantitative estimate of drug-likeness (QED) is 0.678. The third-order valence-corrected chi connectivity index (χ3v) is 5.86. The predicted molar refractivity (Wildman–Crippen MR) is 116 cm³/mol. The van der Waals surface area contributed by atoms with Gasteiger partial charge in [0.15, 0.2) is 0 Å². The summed E-state index contributed by atoms with van der Waals surface area (Å²) in [6, 6.07) is 22.8. The van der Waals surface area contributed by atoms with Gasteiger partial charge in [0.2, 0.25) is 0 Å². The number of benzene rings is 2. The van der Waals surface area contributed by atoms with E-state index in [1.807, 2.05) is 18.2 Å². The summed E-state index contributed by atoms with van der Waals surface area (Å²) < 4.78 is 4.79. The number of aliphatic hydroxyl groups excluding tert-OH is 2. The fourth-order valence-corrected chi connectivity index (χ4v) is 4.18. The minimum atomic E-state index is -0.459. The molecule has 1 fully saturated rings. The molecule has 1 aliphatic rings. The van der Waals surface area contributed by atoms with E-state index in [2.05, 4.69) is 55.5 Å². The van der Waals surface area contributed by atoms with Gasteiger partial charge in [-0.2, -0.15) is 5.26 Å². The van der Waals surface area contributed by atoms with Crippen LogP contribution in [0.3, 0.4) is 0 Å². The van der Waals surface area contributed by atoms with Gasteiger partial charge in [0, 0.05) is 22.6 Å². The zero-order valence-electron chi connectivity index (χ0n) is 16.4. The molecule has 3 aromatic rings. The van der Waals surface area contributed by atoms with Crippen LogP contribution >= 0.6 is 11.3 Å². The highest BCUT2D eigenvalue weighted by atomic mass is 32.1. The van der Waals surface area contributed by atoms with Crippen molar-refractivity contribution in [3.8, 4) is 16.5 Å². The Hall–Kier alpha value is -2.49. The van der Waals surface area contributed by atoms with E-state index in [0.717, 1.165) is 12.0 Å². The summed E-state index contributed by atoms with van der Waals surface area (Å²) in [6.07, 6.45) is 0.507. The van der Waals surface area contributed by atoms with Crippen molar-refractivity contribution in [2.24, 2.45) is 0 Å². The second-order valence-corrected chi connectivity index (χ2v) is 8.31. The Morgan fingerprint density at radius 3 is 2.45 bits per heavy atom. The summed E-state index contributed by atoms with van der Waals surface area (Å²) in [5, 5.41) is 26.6. The molecule has 2 atom stereocenters. The van der Waals surface area contributed by atoms with Crippen molar-refractivity contribution in [2.45, 2.75) is 32.0 Å². The van der Waals surface area contributed by atoms with Gasteiger partial charge in [0.25, 0.3) is 0 Å². The fraction of sp³-hybridized carbons (Fsp3) is 0.292. The van der Waals surface area contributed by atoms with Crippen molar-refractivity contribution in [1.29, 1.82) is 5.26 Å². The number of aliphatic hydroxyl groups is 2. The van der Waals surface area contributed by atoms with Crippen LogP contribution in [0, 0.1) is 18.3 Å². The van der Waals surface area contributed by atoms with Crippen LogP contribution < -0.4 is 0 Å². The molecule has 5 heteroatoms. The van der Waals surface area contributed by atoms with Crippen molar-refractivity contribution in [3.05, 3.63) is 82.2 Å². The lowest BCUT2D eigenvalue weighted by Crippen LogP contribution is -2.32. The van der Waals surface area contributed by atoms with Crippen LogP contribution in [0.25, 0.3) is 10.4 Å². The molecule has 0 amide bonds. The monoisotopic (exact) mass is 407 g/mol. The zero-order chi connectivity index (χ0) is 20.6. The number of nitriles is 1. The molecule has 2 N–H and O–H groups in total. The molecule has 0 spiro atoms. The molecular weight excluding hydrogens is 382 g/mol. The average Bonchev–Trinajstić information content (AvgIpc) is 3.19. The van der Waals surface area contributed by atoms with Crippen LogP contribution in [-0.4, -0.2) is 35.6 Å². The molecule has 2 heterocycles. The lowest BCUT2D eigenvalue weighted by molar-refractivity contribution is -0.0714. The standard InChI is InChI=1S/C19H15NS.C5H10O3/c1-14-5-2-3-7-16(14)12-18-9-10-19(21-18)17-8-4-6-15(11-17)13-20;6-4-1-5(7)3-8-2-4/h2-11H,12H2,1H3;4-7H,1-3H2. The van der Waals surface area contributed by atoms with Gasteiger partial charge >= 0.3 is 0 Å². The first-order valence-corrected chi connectivity index (χ1v) is 10.4. The normalized spacial score (nSPS) is 18.4. The maximum absolute atomic E-state index is 8.99. The summed E-state index contributed by atoms with van der Waals surface area (Å²) in [7, 11) is 0. The Labute approximate surface area is 175 Å². The minimum Gasteiger partial charge on any atom is -0.391 e. The Balaban J connectivity index is 0.000000252. The molecule has 150 valence electrons. The summed E-state index contributed by atoms with van der Waals surface area (Å²) in [4.78, 5) is 2.57. The number of rotatable bonds is 3. The summed E-state index contributed by atoms with van der Waals surface area (Å²) >= 11 is 1.80. The summed E-state index contributed by atoms with van der Waals surface area (Å²) in [5.74, 6) is 0. The largest absolute Gasteiger partial charge is 0.391 e. The molecule has 2 aromatic carbocycles. The van der Waals surface area contributed by atoms with E-state index < -0.39 is 12.2 Å². The topological polar surface area (TPSA) is 73.5 Å². The maximum Gasteiger partial charge on any atom is 0.0991 e. The summed E-state index contributed by atoms with van der Waals surface area (Å²) in [5.41, 5.74) is 4.53. The first-order valence-electron chi connectivity index (χ1n) is 9.63. The van der Waals surface area contributed by atoms with Gasteiger partial charge in [0.1, 0.15) is 0 Å². The SMILES string of the molecule is Cc1ccccc1Cc1ccc(-c2cccc(C#N)c2)s1.OC1COCC(O)C1. The van der Waals surface area contributed by atoms with E-state index in [9.17, 15) is 0 Å². The van der Waals surface area contributed by atoms with Gasteiger partial charge in [-0.25, -0.2) is 0 Å². The van der Waals surface area contributed by atoms with Crippen LogP contribution in [0.15, 0.2) is 60.7 Å². The van der Waals surface area contributed by atoms with E-state index >= 15 is 0 Å². The second kappa shape index (κ2) is 10.3. The van der Waals surface area contributed by atoms with Gasteiger partial charge in [-0.1, -0.05) is 36.4 Å². The Morgan fingerprint density at radius 1 is 1.03 bits per heavy atom. The Kier molecular flexibility index (Phi) is 7.56. The van der Waals surface area contributed by atoms with Gasteiger partial charge in [-0.3, -0.25) is 0 Å². The van der Waals surface area contributed by atoms with Crippen molar-refractivity contribution < 1.29 is 14.9 Å². The highest BCUT2D eigenvalue weighted by molar-refractivity contribution is 7.15. The number of nitrogens with zero attached hydrogens (tertiary/aromatic N) is 1. The highest BCUT2D eigenvalue weighted by Crippen LogP contribution is 2.30. The second-order valence-electron chi connectivity index (χ2n) is 7.14. The van der Waals surface area contributed by atoms with Crippen LogP contribution in [0.5, 0.6) is 0 Å². The smallest absolute Gasteiger partial charge is 0.0991 e. The lowest BCUT2D eigenvalue weighted by atomic mass is 10.1. The first-order chi connectivity index (χ1) is 14.0. The fourth-order valence-electron chi connectivity index (χ4n) is 3.16. The molecule has 1 saturated heterocycles. The number of hydrogen-bond donors (Lipinski definition) is 2. The average molecular weight is 408 g/mol. The Morgan fingerprint density at radius 2 is 1.79 bits per heavy atom. The van der Waals surface area contributed by atoms with E-state index in [-0.39, 0.29) is 0 Å². The van der Waals surface area contributed by atoms with Gasteiger partial charge in [-0.15, -0.1) is 11.3 Å². The van der Waals surface area contributed by atoms with Crippen LogP contribution in [0.1, 0.15) is 28.0 Å². The molecule has 29 heavy (non-hydrogen) atoms. The van der Waals surface area contributed by atoms with Gasteiger partial charge in [-0.05, 0) is 47.9 Å². The lowest BCUT2D eigenvalue weighted by Gasteiger charge is -2.21. The molecule has 0 bridgehead atoms. The van der Waals surface area contributed by atoms with E-state index in [1.165, 1.54) is 20.9 Å². The van der Waals surface area contributed by atoms with Gasteiger partial charge in [0.05, 0.1) is 37.1 Å². The van der Waals surface area contributed by atoms with Crippen LogP contribution in [-0.2, 0) is 11.2 Å². The summed E-state index contributed by atoms with van der Waals surface area (Å²) in [6.45, 7) is 2.90. The van der Waals surface area contributed by atoms with E-state index in [1.54, 1.807) is 11.3 Å². The van der Waals surface area contributed by atoms with E-state index in [0.29, 0.717) is 25.2 Å². The number of aryl methyl sites for hydroxylation is 1. The van der Waals surface area contributed by atoms with Crippen molar-refractivity contribution in [1.82, 2.24) is 0 Å². The van der Waals surface area contributed by atoms with Crippen molar-refractivity contribution in [3.63, 3.8) is 0 Å². The Bertz CT molecular complexity index is 968. The molecule has 1 aliphatic heterocycles. The molecule has 2 unspecified atom stereocenters. The third kappa shape index (κ3) is 6.25. The molecular formula is C24H25NO3S. The first kappa shape index (κ1) is 21.2. The zero-order valence-corrected chi connectivity index (χ0v) is 17.2. The van der Waals surface area contributed by atoms with Crippen molar-refractivity contribution in [2.75, 3.05) is 13.2 Å². The number of hydrogen-bond acceptors (Lipinski definition) is 5. The maximum atomic E-state index is 8.99. The van der Waals surface area contributed by atoms with Crippen LogP contribution in [0.4, 0.5) is 0 Å². The number of thiophene rings is 1. The molecule has 4 nitrogen and oxygen atoms in total. The highest BCUT2D eigenvalue weighted by Gasteiger charge is 2.17. The predicted octanol–water partition coefficient (Wildman–Crippen LogP) is 4.31. The van der Waals surface area contributed by atoms with E-state index in [4.69, 9.17) is 20.2 Å². The van der Waals surface area contributed by atoms with Crippen molar-refractivity contribution >= 4 is 11.3 Å². The molecule has 0 radical (unpaired) electrons. The molecule has 1 aromatic heterocycles. The third-order valence-electron chi connectivity index (χ3n) is 4.73. The molecule has 0 aliphatic carbocycles.